The quantitative estimate of drug-likeness (QED) is 0.0997. The van der Waals surface area contributed by atoms with E-state index in [9.17, 15) is 39.9 Å². The number of hydrogen-bond acceptors (Lipinski definition) is 8. The molecule has 0 saturated heterocycles. The summed E-state index contributed by atoms with van der Waals surface area (Å²) in [7, 11) is 0. The predicted molar refractivity (Wildman–Crippen MR) is 228 cm³/mol. The van der Waals surface area contributed by atoms with E-state index in [0.29, 0.717) is 24.0 Å². The van der Waals surface area contributed by atoms with Crippen LogP contribution in [0.5, 0.6) is 11.5 Å². The van der Waals surface area contributed by atoms with Crippen molar-refractivity contribution in [2.24, 2.45) is 23.7 Å². The summed E-state index contributed by atoms with van der Waals surface area (Å²) in [5, 5.41) is 48.1. The Labute approximate surface area is 336 Å². The summed E-state index contributed by atoms with van der Waals surface area (Å²) < 4.78 is 0. The molecule has 8 heteroatoms. The smallest absolute Gasteiger partial charge is 0.182 e. The van der Waals surface area contributed by atoms with E-state index in [1.54, 1.807) is 25.2 Å². The maximum Gasteiger partial charge on any atom is 0.182 e. The van der Waals surface area contributed by atoms with Crippen molar-refractivity contribution in [2.45, 2.75) is 127 Å². The molecule has 0 amide bonds. The first-order valence-corrected chi connectivity index (χ1v) is 19.5. The highest BCUT2D eigenvalue weighted by atomic mass is 16.3. The van der Waals surface area contributed by atoms with Gasteiger partial charge in [-0.25, -0.2) is 0 Å². The van der Waals surface area contributed by atoms with Gasteiger partial charge in [-0.3, -0.25) is 14.4 Å². The van der Waals surface area contributed by atoms with Crippen molar-refractivity contribution in [3.05, 3.63) is 117 Å². The molecule has 0 heterocycles. The highest BCUT2D eigenvalue weighted by molar-refractivity contribution is 6.19. The lowest BCUT2D eigenvalue weighted by atomic mass is 9.78. The van der Waals surface area contributed by atoms with Crippen LogP contribution in [0.4, 0.5) is 0 Å². The van der Waals surface area contributed by atoms with Crippen molar-refractivity contribution in [1.82, 2.24) is 0 Å². The number of phenolic OH excluding ortho intramolecular Hbond substituents is 2. The van der Waals surface area contributed by atoms with Crippen molar-refractivity contribution in [3.63, 3.8) is 0 Å². The minimum Gasteiger partial charge on any atom is -0.508 e. The van der Waals surface area contributed by atoms with Crippen LogP contribution in [0.1, 0.15) is 107 Å². The van der Waals surface area contributed by atoms with Gasteiger partial charge in [-0.2, -0.15) is 0 Å². The van der Waals surface area contributed by atoms with E-state index in [2.05, 4.69) is 12.2 Å². The summed E-state index contributed by atoms with van der Waals surface area (Å²) in [5.74, 6) is 0.769. The molecule has 0 aromatic heterocycles. The highest BCUT2D eigenvalue weighted by Gasteiger charge is 2.31. The molecule has 0 fully saturated rings. The monoisotopic (exact) mass is 772 g/mol. The van der Waals surface area contributed by atoms with Gasteiger partial charge in [0.15, 0.2) is 17.3 Å². The van der Waals surface area contributed by atoms with Gasteiger partial charge in [-0.05, 0) is 143 Å². The number of allylic oxidation sites excluding steroid dienone is 13. The second-order valence-corrected chi connectivity index (χ2v) is 16.0. The molecule has 1 aromatic carbocycles. The SMILES string of the molecule is CC(C)=CCC1=C(C)C(=O)C=CC1=O.CC(C)=CC[C@@H]1C(O)C=CC(=O)[C@@H]1C.CC(C)=CC[C@@H]1C(O)C=CC(O)[C@@H]1C.CC(C)=CCc1c(O)ccc(O)c1C. The summed E-state index contributed by atoms with van der Waals surface area (Å²) >= 11 is 0. The number of carbonyl (C=O) groups is 3. The van der Waals surface area contributed by atoms with E-state index in [1.165, 1.54) is 47.1 Å². The highest BCUT2D eigenvalue weighted by Crippen LogP contribution is 2.30. The molecule has 3 aliphatic carbocycles. The minimum atomic E-state index is -0.474. The van der Waals surface area contributed by atoms with Gasteiger partial charge in [-0.1, -0.05) is 78.7 Å². The van der Waals surface area contributed by atoms with Crippen LogP contribution >= 0.6 is 0 Å². The van der Waals surface area contributed by atoms with Gasteiger partial charge in [-0.15, -0.1) is 0 Å². The zero-order valence-electron chi connectivity index (χ0n) is 35.8. The predicted octanol–water partition coefficient (Wildman–Crippen LogP) is 9.26. The van der Waals surface area contributed by atoms with Crippen molar-refractivity contribution in [3.8, 4) is 11.5 Å². The average Bonchev–Trinajstić information content (AvgIpc) is 3.12. The fourth-order valence-electron chi connectivity index (χ4n) is 6.11. The topological polar surface area (TPSA) is 152 Å². The van der Waals surface area contributed by atoms with Crippen LogP contribution in [0.2, 0.25) is 0 Å². The summed E-state index contributed by atoms with van der Waals surface area (Å²) in [6.45, 7) is 23.5. The zero-order chi connectivity index (χ0) is 42.9. The molecule has 0 radical (unpaired) electrons. The Balaban J connectivity index is 0.000000373. The molecule has 4 rings (SSSR count). The van der Waals surface area contributed by atoms with Crippen molar-refractivity contribution in [1.29, 1.82) is 0 Å². The molecule has 3 unspecified atom stereocenters. The molecule has 0 bridgehead atoms. The van der Waals surface area contributed by atoms with Crippen LogP contribution in [0.3, 0.4) is 0 Å². The number of phenols is 2. The number of benzene rings is 1. The Kier molecular flexibility index (Phi) is 21.5. The number of aromatic hydroxyl groups is 2. The molecule has 3 aliphatic rings. The number of ketones is 3. The first-order valence-electron chi connectivity index (χ1n) is 19.5. The Hall–Kier alpha value is -4.37. The normalized spacial score (nSPS) is 23.7. The van der Waals surface area contributed by atoms with Crippen molar-refractivity contribution < 1.29 is 39.9 Å². The largest absolute Gasteiger partial charge is 0.508 e. The second kappa shape index (κ2) is 24.3. The van der Waals surface area contributed by atoms with Crippen LogP contribution in [-0.2, 0) is 20.8 Å². The number of aliphatic hydroxyl groups is 3. The number of hydrogen-bond donors (Lipinski definition) is 5. The fourth-order valence-corrected chi connectivity index (χ4v) is 6.11. The van der Waals surface area contributed by atoms with Crippen molar-refractivity contribution >= 4 is 17.3 Å². The van der Waals surface area contributed by atoms with Crippen LogP contribution in [0, 0.1) is 30.6 Å². The average molecular weight is 773 g/mol. The zero-order valence-corrected chi connectivity index (χ0v) is 35.8. The standard InChI is InChI=1S/C12H20O2.C12H18O2.C12H16O2.C12H14O2/c4*1-8(2)4-5-10-9(3)11(13)6-7-12(10)14/h4,6-7,9-14H,5H2,1-3H3;4,6-7,9-10,12,14H,5H2,1-3H3;4,6-7,13-14H,5H2,1-3H3;4,6-7H,5H2,1-3H3/t9-,10+,11?,12?;9-,10+,12?;;/m11../s1. The minimum absolute atomic E-state index is 0.0420. The molecular formula is C48H68O8. The molecule has 8 nitrogen and oxygen atoms in total. The lowest BCUT2D eigenvalue weighted by Crippen LogP contribution is -2.35. The first kappa shape index (κ1) is 49.6. The molecule has 7 atom stereocenters. The lowest BCUT2D eigenvalue weighted by Gasteiger charge is -2.32. The number of carbonyl (C=O) groups excluding carboxylic acids is 3. The van der Waals surface area contributed by atoms with Gasteiger partial charge >= 0.3 is 0 Å². The fraction of sp³-hybridized carbons (Fsp3) is 0.479. The molecule has 5 N–H and O–H groups in total. The Morgan fingerprint density at radius 3 is 1.61 bits per heavy atom. The third-order valence-electron chi connectivity index (χ3n) is 10.2. The molecular weight excluding hydrogens is 705 g/mol. The van der Waals surface area contributed by atoms with Crippen molar-refractivity contribution in [2.75, 3.05) is 0 Å². The third kappa shape index (κ3) is 16.8. The van der Waals surface area contributed by atoms with Gasteiger partial charge in [0.2, 0.25) is 0 Å². The summed E-state index contributed by atoms with van der Waals surface area (Å²) in [6, 6.07) is 3.03. The Morgan fingerprint density at radius 1 is 0.589 bits per heavy atom. The van der Waals surface area contributed by atoms with E-state index in [0.717, 1.165) is 29.5 Å². The van der Waals surface area contributed by atoms with E-state index >= 15 is 0 Å². The van der Waals surface area contributed by atoms with E-state index < -0.39 is 18.3 Å². The Bertz CT molecular complexity index is 1750. The van der Waals surface area contributed by atoms with Gasteiger partial charge < -0.3 is 25.5 Å². The molecule has 308 valence electrons. The molecule has 1 aromatic rings. The van der Waals surface area contributed by atoms with E-state index in [-0.39, 0.29) is 52.5 Å². The molecule has 56 heavy (non-hydrogen) atoms. The molecule has 0 aliphatic heterocycles. The first-order chi connectivity index (χ1) is 26.1. The van der Waals surface area contributed by atoms with E-state index in [1.807, 2.05) is 88.3 Å². The molecule has 0 spiro atoms. The van der Waals surface area contributed by atoms with Gasteiger partial charge in [0.05, 0.1) is 18.3 Å². The Morgan fingerprint density at radius 2 is 1.05 bits per heavy atom. The van der Waals surface area contributed by atoms with Crippen LogP contribution in [-0.4, -0.2) is 61.2 Å². The van der Waals surface area contributed by atoms with Gasteiger partial charge in [0.1, 0.15) is 11.5 Å². The number of rotatable bonds is 8. The summed E-state index contributed by atoms with van der Waals surface area (Å²) in [6.07, 6.45) is 18.9. The molecule has 0 saturated carbocycles. The van der Waals surface area contributed by atoms with Crippen LogP contribution < -0.4 is 0 Å². The maximum absolute atomic E-state index is 11.4. The third-order valence-corrected chi connectivity index (χ3v) is 10.2. The van der Waals surface area contributed by atoms with Gasteiger partial charge in [0, 0.05) is 28.5 Å². The summed E-state index contributed by atoms with van der Waals surface area (Å²) in [5.41, 5.74) is 7.59. The van der Waals surface area contributed by atoms with Gasteiger partial charge in [0.25, 0.3) is 0 Å². The lowest BCUT2D eigenvalue weighted by molar-refractivity contribution is -0.121. The second-order valence-electron chi connectivity index (χ2n) is 16.0. The van der Waals surface area contributed by atoms with Crippen LogP contribution in [0.25, 0.3) is 0 Å². The number of aliphatic hydroxyl groups excluding tert-OH is 3. The van der Waals surface area contributed by atoms with Crippen LogP contribution in [0.15, 0.2) is 106 Å². The van der Waals surface area contributed by atoms with E-state index in [4.69, 9.17) is 0 Å². The maximum atomic E-state index is 11.4. The summed E-state index contributed by atoms with van der Waals surface area (Å²) in [4.78, 5) is 34.1.